The number of likely N-dealkylation sites (N-methyl/N-ethyl adjacent to an activating group) is 2. The monoisotopic (exact) mass is 452 g/mol. The summed E-state index contributed by atoms with van der Waals surface area (Å²) in [6, 6.07) is 11.4. The van der Waals surface area contributed by atoms with E-state index in [0.717, 1.165) is 9.13 Å². The van der Waals surface area contributed by atoms with Gasteiger partial charge in [-0.2, -0.15) is 0 Å². The van der Waals surface area contributed by atoms with Crippen molar-refractivity contribution in [1.82, 2.24) is 9.80 Å². The average molecular weight is 452 g/mol. The molecule has 0 aliphatic carbocycles. The first kappa shape index (κ1) is 16.8. The smallest absolute Gasteiger partial charge is 0.265 e. The van der Waals surface area contributed by atoms with E-state index in [1.165, 1.54) is 15.9 Å². The van der Waals surface area contributed by atoms with Crippen molar-refractivity contribution in [3.05, 3.63) is 51.3 Å². The molecule has 0 atom stereocenters. The van der Waals surface area contributed by atoms with Crippen LogP contribution in [0.3, 0.4) is 0 Å². The maximum Gasteiger partial charge on any atom is 0.265 e. The highest BCUT2D eigenvalue weighted by molar-refractivity contribution is 14.1. The van der Waals surface area contributed by atoms with Gasteiger partial charge in [-0.25, -0.2) is 0 Å². The summed E-state index contributed by atoms with van der Waals surface area (Å²) in [7, 11) is 3.08. The number of furan rings is 1. The van der Waals surface area contributed by atoms with Crippen molar-refractivity contribution >= 4 is 57.8 Å². The molecule has 3 rings (SSSR count). The number of rotatable bonds is 2. The van der Waals surface area contributed by atoms with Crippen molar-refractivity contribution in [3.8, 4) is 11.3 Å². The van der Waals surface area contributed by atoms with E-state index < -0.39 is 11.8 Å². The highest BCUT2D eigenvalue weighted by Gasteiger charge is 2.35. The summed E-state index contributed by atoms with van der Waals surface area (Å²) in [5.74, 6) is 0.242. The Kier molecular flexibility index (Phi) is 4.55. The third-order valence-electron chi connectivity index (χ3n) is 3.69. The van der Waals surface area contributed by atoms with E-state index in [9.17, 15) is 9.59 Å². The fourth-order valence-corrected chi connectivity index (χ4v) is 2.84. The van der Waals surface area contributed by atoms with Gasteiger partial charge in [0, 0.05) is 23.2 Å². The molecule has 1 saturated heterocycles. The van der Waals surface area contributed by atoms with E-state index in [2.05, 4.69) is 22.6 Å². The minimum atomic E-state index is -0.435. The van der Waals surface area contributed by atoms with E-state index >= 15 is 0 Å². The van der Waals surface area contributed by atoms with E-state index in [-0.39, 0.29) is 10.7 Å². The van der Waals surface area contributed by atoms with Crippen molar-refractivity contribution in [1.29, 1.82) is 0 Å². The summed E-state index contributed by atoms with van der Waals surface area (Å²) in [6.45, 7) is 0. The molecular weight excluding hydrogens is 439 g/mol. The van der Waals surface area contributed by atoms with Gasteiger partial charge in [-0.05, 0) is 65.2 Å². The molecule has 2 amide bonds. The molecule has 1 aliphatic rings. The zero-order chi connectivity index (χ0) is 17.4. The van der Waals surface area contributed by atoms with Gasteiger partial charge < -0.3 is 4.42 Å². The minimum Gasteiger partial charge on any atom is -0.457 e. The average Bonchev–Trinajstić information content (AvgIpc) is 3.04. The topological polar surface area (TPSA) is 53.8 Å². The van der Waals surface area contributed by atoms with Crippen molar-refractivity contribution in [2.45, 2.75) is 0 Å². The molecule has 7 heteroatoms. The molecule has 0 bridgehead atoms. The van der Waals surface area contributed by atoms with Gasteiger partial charge >= 0.3 is 0 Å². The molecule has 0 unspecified atom stereocenters. The molecule has 122 valence electrons. The Morgan fingerprint density at radius 3 is 2.17 bits per heavy atom. The van der Waals surface area contributed by atoms with Crippen molar-refractivity contribution in [3.63, 3.8) is 0 Å². The summed E-state index contributed by atoms with van der Waals surface area (Å²) in [5, 5.41) is 0.182. The van der Waals surface area contributed by atoms with Gasteiger partial charge in [0.25, 0.3) is 11.8 Å². The number of hydrogen-bond acceptors (Lipinski definition) is 4. The number of nitrogens with zero attached hydrogens (tertiary/aromatic N) is 2. The quantitative estimate of drug-likeness (QED) is 0.304. The van der Waals surface area contributed by atoms with Gasteiger partial charge in [-0.15, -0.1) is 0 Å². The predicted molar refractivity (Wildman–Crippen MR) is 103 cm³/mol. The lowest BCUT2D eigenvalue weighted by molar-refractivity contribution is -0.132. The molecule has 2 aromatic rings. The fraction of sp³-hybridized carbons (Fsp3) is 0.118. The molecule has 1 aromatic carbocycles. The molecule has 1 fully saturated rings. The maximum atomic E-state index is 12.3. The van der Waals surface area contributed by atoms with E-state index in [0.29, 0.717) is 11.5 Å². The Morgan fingerprint density at radius 1 is 1.00 bits per heavy atom. The van der Waals surface area contributed by atoms with Crippen LogP contribution in [0.2, 0.25) is 0 Å². The number of carbonyl (C=O) groups excluding carboxylic acids is 2. The Balaban J connectivity index is 1.94. The second-order valence-corrected chi connectivity index (χ2v) is 6.89. The van der Waals surface area contributed by atoms with E-state index in [1.54, 1.807) is 20.2 Å². The van der Waals surface area contributed by atoms with Crippen LogP contribution in [0.4, 0.5) is 0 Å². The minimum absolute atomic E-state index is 0.0251. The Hall–Kier alpha value is -2.00. The Labute approximate surface area is 158 Å². The lowest BCUT2D eigenvalue weighted by Crippen LogP contribution is -2.52. The number of amides is 2. The largest absolute Gasteiger partial charge is 0.457 e. The second-order valence-electron chi connectivity index (χ2n) is 5.28. The van der Waals surface area contributed by atoms with Crippen LogP contribution < -0.4 is 0 Å². The molecule has 1 aromatic heterocycles. The zero-order valence-corrected chi connectivity index (χ0v) is 15.9. The van der Waals surface area contributed by atoms with E-state index in [4.69, 9.17) is 16.6 Å². The number of benzene rings is 1. The highest BCUT2D eigenvalue weighted by atomic mass is 127. The van der Waals surface area contributed by atoms with Crippen LogP contribution in [0.1, 0.15) is 5.76 Å². The molecule has 24 heavy (non-hydrogen) atoms. The first-order valence-corrected chi connectivity index (χ1v) is 8.54. The maximum absolute atomic E-state index is 12.3. The van der Waals surface area contributed by atoms with Crippen molar-refractivity contribution < 1.29 is 14.0 Å². The standard InChI is InChI=1S/C17H13IN2O3S/c1-19-15(21)13(16(22)20(2)17(19)24)9-12-7-8-14(23-12)10-3-5-11(18)6-4-10/h3-9H,1-2H3. The van der Waals surface area contributed by atoms with Crippen LogP contribution in [0.15, 0.2) is 46.4 Å². The third-order valence-corrected chi connectivity index (χ3v) is 4.95. The highest BCUT2D eigenvalue weighted by Crippen LogP contribution is 2.25. The molecular formula is C17H13IN2O3S. The summed E-state index contributed by atoms with van der Waals surface area (Å²) in [6.07, 6.45) is 1.45. The van der Waals surface area contributed by atoms with Crippen LogP contribution in [-0.4, -0.2) is 40.8 Å². The first-order chi connectivity index (χ1) is 11.4. The second kappa shape index (κ2) is 6.48. The number of hydrogen-bond donors (Lipinski definition) is 0. The molecule has 1 aliphatic heterocycles. The number of halogens is 1. The van der Waals surface area contributed by atoms with Gasteiger partial charge in [0.2, 0.25) is 0 Å². The van der Waals surface area contributed by atoms with Crippen LogP contribution in [0.5, 0.6) is 0 Å². The Bertz CT molecular complexity index is 844. The molecule has 5 nitrogen and oxygen atoms in total. The van der Waals surface area contributed by atoms with Crippen LogP contribution in [0, 0.1) is 3.57 Å². The molecule has 2 heterocycles. The summed E-state index contributed by atoms with van der Waals surface area (Å²) >= 11 is 7.29. The summed E-state index contributed by atoms with van der Waals surface area (Å²) in [5.41, 5.74) is 0.953. The zero-order valence-electron chi connectivity index (χ0n) is 12.9. The van der Waals surface area contributed by atoms with Crippen LogP contribution >= 0.6 is 34.8 Å². The number of thiocarbonyl (C=S) groups is 1. The lowest BCUT2D eigenvalue weighted by Gasteiger charge is -2.31. The van der Waals surface area contributed by atoms with Gasteiger partial charge in [0.15, 0.2) is 5.11 Å². The van der Waals surface area contributed by atoms with Gasteiger partial charge in [-0.1, -0.05) is 12.1 Å². The van der Waals surface area contributed by atoms with Crippen LogP contribution in [-0.2, 0) is 9.59 Å². The fourth-order valence-electron chi connectivity index (χ4n) is 2.32. The number of carbonyl (C=O) groups is 2. The first-order valence-electron chi connectivity index (χ1n) is 7.06. The summed E-state index contributed by atoms with van der Waals surface area (Å²) < 4.78 is 6.88. The van der Waals surface area contributed by atoms with Gasteiger partial charge in [0.1, 0.15) is 17.1 Å². The molecule has 0 spiro atoms. The summed E-state index contributed by atoms with van der Waals surface area (Å²) in [4.78, 5) is 27.1. The third kappa shape index (κ3) is 3.01. The van der Waals surface area contributed by atoms with Crippen LogP contribution in [0.25, 0.3) is 17.4 Å². The Morgan fingerprint density at radius 2 is 1.58 bits per heavy atom. The van der Waals surface area contributed by atoms with Crippen molar-refractivity contribution in [2.75, 3.05) is 14.1 Å². The SMILES string of the molecule is CN1C(=O)C(=Cc2ccc(-c3ccc(I)cc3)o2)C(=O)N(C)C1=S. The molecule has 0 N–H and O–H groups in total. The van der Waals surface area contributed by atoms with Gasteiger partial charge in [-0.3, -0.25) is 19.4 Å². The predicted octanol–water partition coefficient (Wildman–Crippen LogP) is 3.15. The molecule has 0 radical (unpaired) electrons. The van der Waals surface area contributed by atoms with Crippen molar-refractivity contribution in [2.24, 2.45) is 0 Å². The van der Waals surface area contributed by atoms with E-state index in [1.807, 2.05) is 30.3 Å². The lowest BCUT2D eigenvalue weighted by atomic mass is 10.1. The molecule has 0 saturated carbocycles. The normalized spacial score (nSPS) is 15.3. The van der Waals surface area contributed by atoms with Gasteiger partial charge in [0.05, 0.1) is 0 Å².